The number of phenolic OH excluding ortho intramolecular Hbond substituents is 1. The maximum atomic E-state index is 13.3. The first kappa shape index (κ1) is 24.3. The first-order chi connectivity index (χ1) is 16.8. The number of ether oxygens (including phenoxy) is 2. The molecule has 2 heterocycles. The molecule has 0 spiro atoms. The van der Waals surface area contributed by atoms with Crippen LogP contribution in [0.3, 0.4) is 0 Å². The molecule has 9 heteroatoms. The number of likely N-dealkylation sites (tertiary alicyclic amines) is 1. The Hall–Kier alpha value is -3.85. The van der Waals surface area contributed by atoms with Crippen molar-refractivity contribution < 1.29 is 29.3 Å². The highest BCUT2D eigenvalue weighted by Crippen LogP contribution is 2.45. The second-order valence-corrected chi connectivity index (χ2v) is 8.66. The first-order valence-corrected chi connectivity index (χ1v) is 11.6. The van der Waals surface area contributed by atoms with Crippen molar-refractivity contribution in [3.05, 3.63) is 87.7 Å². The zero-order valence-corrected chi connectivity index (χ0v) is 20.7. The van der Waals surface area contributed by atoms with Gasteiger partial charge < -0.3 is 24.6 Å². The van der Waals surface area contributed by atoms with E-state index in [4.69, 9.17) is 9.47 Å². The van der Waals surface area contributed by atoms with E-state index in [0.717, 1.165) is 0 Å². The van der Waals surface area contributed by atoms with E-state index < -0.39 is 17.7 Å². The van der Waals surface area contributed by atoms with Crippen LogP contribution in [-0.4, -0.2) is 45.5 Å². The molecular formula is C26H23BrN2O6. The third-order valence-corrected chi connectivity index (χ3v) is 6.23. The van der Waals surface area contributed by atoms with Crippen molar-refractivity contribution in [2.24, 2.45) is 0 Å². The molecule has 0 saturated carbocycles. The number of hydrogen-bond donors (Lipinski definition) is 2. The van der Waals surface area contributed by atoms with E-state index >= 15 is 0 Å². The molecule has 1 aromatic heterocycles. The van der Waals surface area contributed by atoms with Crippen LogP contribution >= 0.6 is 15.9 Å². The van der Waals surface area contributed by atoms with Gasteiger partial charge in [0.25, 0.3) is 11.7 Å². The first-order valence-electron chi connectivity index (χ1n) is 10.8. The predicted molar refractivity (Wildman–Crippen MR) is 132 cm³/mol. The summed E-state index contributed by atoms with van der Waals surface area (Å²) in [5, 5.41) is 21.6. The summed E-state index contributed by atoms with van der Waals surface area (Å²) < 4.78 is 11.1. The molecule has 2 N–H and O–H groups in total. The summed E-state index contributed by atoms with van der Waals surface area (Å²) >= 11 is 3.31. The molecule has 0 bridgehead atoms. The fraction of sp³-hybridized carbons (Fsp3) is 0.192. The van der Waals surface area contributed by atoms with Gasteiger partial charge >= 0.3 is 0 Å². The van der Waals surface area contributed by atoms with E-state index in [1.165, 1.54) is 18.1 Å². The number of amides is 1. The van der Waals surface area contributed by atoms with Crippen LogP contribution in [0.15, 0.2) is 71.0 Å². The summed E-state index contributed by atoms with van der Waals surface area (Å²) in [6, 6.07) is 12.4. The predicted octanol–water partition coefficient (Wildman–Crippen LogP) is 4.58. The van der Waals surface area contributed by atoms with Gasteiger partial charge in [0.2, 0.25) is 0 Å². The highest BCUT2D eigenvalue weighted by atomic mass is 79.9. The molecule has 0 radical (unpaired) electrons. The van der Waals surface area contributed by atoms with Crippen molar-refractivity contribution >= 4 is 33.4 Å². The Kier molecular flexibility index (Phi) is 7.07. The number of aliphatic hydroxyl groups is 1. The number of benzene rings is 2. The van der Waals surface area contributed by atoms with E-state index in [9.17, 15) is 19.8 Å². The van der Waals surface area contributed by atoms with Gasteiger partial charge in [-0.25, -0.2) is 0 Å². The topological polar surface area (TPSA) is 109 Å². The maximum Gasteiger partial charge on any atom is 0.295 e. The number of Topliss-reactive ketones (excluding diaryl/α,β-unsaturated/α-hetero) is 1. The Bertz CT molecular complexity index is 1310. The van der Waals surface area contributed by atoms with Crippen molar-refractivity contribution in [2.75, 3.05) is 13.7 Å². The van der Waals surface area contributed by atoms with Crippen LogP contribution in [0, 0.1) is 0 Å². The molecule has 2 aromatic carbocycles. The molecule has 8 nitrogen and oxygen atoms in total. The Morgan fingerprint density at radius 3 is 2.66 bits per heavy atom. The van der Waals surface area contributed by atoms with Crippen LogP contribution in [0.25, 0.3) is 5.76 Å². The molecule has 1 aliphatic rings. The van der Waals surface area contributed by atoms with Crippen LogP contribution in [0.2, 0.25) is 0 Å². The second kappa shape index (κ2) is 10.2. The molecule has 0 aliphatic carbocycles. The van der Waals surface area contributed by atoms with E-state index in [2.05, 4.69) is 20.9 Å². The second-order valence-electron chi connectivity index (χ2n) is 7.80. The summed E-state index contributed by atoms with van der Waals surface area (Å²) in [5.41, 5.74) is 1.44. The van der Waals surface area contributed by atoms with Gasteiger partial charge in [0.05, 0.1) is 29.8 Å². The van der Waals surface area contributed by atoms with Crippen LogP contribution < -0.4 is 9.47 Å². The summed E-state index contributed by atoms with van der Waals surface area (Å²) in [5.74, 6) is -1.35. The lowest BCUT2D eigenvalue weighted by Gasteiger charge is -2.26. The van der Waals surface area contributed by atoms with Crippen LogP contribution in [-0.2, 0) is 16.1 Å². The zero-order chi connectivity index (χ0) is 25.1. The number of ketones is 1. The summed E-state index contributed by atoms with van der Waals surface area (Å²) in [6.07, 6.45) is 3.22. The number of nitrogens with zero attached hydrogens (tertiary/aromatic N) is 2. The maximum absolute atomic E-state index is 13.3. The Balaban J connectivity index is 1.91. The van der Waals surface area contributed by atoms with Gasteiger partial charge in [-0.2, -0.15) is 0 Å². The molecule has 4 rings (SSSR count). The zero-order valence-electron chi connectivity index (χ0n) is 19.1. The quantitative estimate of drug-likeness (QED) is 0.257. The minimum absolute atomic E-state index is 0.0767. The number of phenols is 1. The van der Waals surface area contributed by atoms with Gasteiger partial charge in [0.15, 0.2) is 11.5 Å². The van der Waals surface area contributed by atoms with E-state index in [-0.39, 0.29) is 29.4 Å². The van der Waals surface area contributed by atoms with Crippen LogP contribution in [0.1, 0.15) is 29.7 Å². The largest absolute Gasteiger partial charge is 0.507 e. The molecule has 3 aromatic rings. The monoisotopic (exact) mass is 538 g/mol. The van der Waals surface area contributed by atoms with Gasteiger partial charge in [-0.05, 0) is 64.3 Å². The Morgan fingerprint density at radius 1 is 1.17 bits per heavy atom. The summed E-state index contributed by atoms with van der Waals surface area (Å²) in [4.78, 5) is 31.9. The molecule has 35 heavy (non-hydrogen) atoms. The molecule has 1 amide bonds. The lowest BCUT2D eigenvalue weighted by atomic mass is 9.94. The average molecular weight is 539 g/mol. The number of rotatable bonds is 7. The highest BCUT2D eigenvalue weighted by Gasteiger charge is 2.46. The van der Waals surface area contributed by atoms with Crippen LogP contribution in [0.5, 0.6) is 17.2 Å². The lowest BCUT2D eigenvalue weighted by molar-refractivity contribution is -0.140. The Morgan fingerprint density at radius 2 is 1.97 bits per heavy atom. The summed E-state index contributed by atoms with van der Waals surface area (Å²) in [6.45, 7) is 2.35. The molecule has 180 valence electrons. The number of methoxy groups -OCH3 is 1. The van der Waals surface area contributed by atoms with E-state index in [0.29, 0.717) is 33.5 Å². The van der Waals surface area contributed by atoms with Crippen molar-refractivity contribution in [2.45, 2.75) is 19.5 Å². The van der Waals surface area contributed by atoms with Crippen molar-refractivity contribution in [1.82, 2.24) is 9.88 Å². The molecule has 1 aliphatic heterocycles. The standard InChI is InChI=1S/C26H23BrN2O6/c1-3-35-18-8-4-7-16(10-18)23(30)21-22(17-11-19(27)24(31)20(12-17)34-2)29(26(33)25(21)32)14-15-6-5-9-28-13-15/h4-13,22,30-31H,3,14H2,1-2H3. The third kappa shape index (κ3) is 4.72. The number of aromatic nitrogens is 1. The number of aliphatic hydroxyl groups excluding tert-OH is 1. The SMILES string of the molecule is CCOc1cccc(C(O)=C2C(=O)C(=O)N(Cc3cccnc3)C2c2cc(Br)c(O)c(OC)c2)c1. The van der Waals surface area contributed by atoms with Gasteiger partial charge in [-0.3, -0.25) is 14.6 Å². The Labute approximate surface area is 210 Å². The minimum Gasteiger partial charge on any atom is -0.507 e. The van der Waals surface area contributed by atoms with Crippen molar-refractivity contribution in [3.63, 3.8) is 0 Å². The number of hydrogen-bond acceptors (Lipinski definition) is 7. The van der Waals surface area contributed by atoms with Gasteiger partial charge in [0.1, 0.15) is 11.5 Å². The molecule has 1 saturated heterocycles. The van der Waals surface area contributed by atoms with Gasteiger partial charge in [0, 0.05) is 24.5 Å². The number of carbonyl (C=O) groups excluding carboxylic acids is 2. The molecule has 1 fully saturated rings. The normalized spacial score (nSPS) is 17.0. The number of halogens is 1. The fourth-order valence-corrected chi connectivity index (χ4v) is 4.50. The minimum atomic E-state index is -0.947. The molecule has 1 atom stereocenters. The lowest BCUT2D eigenvalue weighted by Crippen LogP contribution is -2.29. The number of aromatic hydroxyl groups is 1. The van der Waals surface area contributed by atoms with Crippen LogP contribution in [0.4, 0.5) is 0 Å². The molecule has 1 unspecified atom stereocenters. The van der Waals surface area contributed by atoms with E-state index in [1.54, 1.807) is 54.9 Å². The van der Waals surface area contributed by atoms with Gasteiger partial charge in [-0.1, -0.05) is 18.2 Å². The highest BCUT2D eigenvalue weighted by molar-refractivity contribution is 9.10. The fourth-order valence-electron chi connectivity index (χ4n) is 4.04. The summed E-state index contributed by atoms with van der Waals surface area (Å²) in [7, 11) is 1.40. The smallest absolute Gasteiger partial charge is 0.295 e. The number of pyridine rings is 1. The van der Waals surface area contributed by atoms with E-state index in [1.807, 2.05) is 6.92 Å². The molecular weight excluding hydrogens is 516 g/mol. The third-order valence-electron chi connectivity index (χ3n) is 5.62. The number of carbonyl (C=O) groups is 2. The van der Waals surface area contributed by atoms with Crippen molar-refractivity contribution in [3.8, 4) is 17.2 Å². The average Bonchev–Trinajstić information content (AvgIpc) is 3.11. The van der Waals surface area contributed by atoms with Crippen molar-refractivity contribution in [1.29, 1.82) is 0 Å². The van der Waals surface area contributed by atoms with Gasteiger partial charge in [-0.15, -0.1) is 0 Å².